The van der Waals surface area contributed by atoms with E-state index in [-0.39, 0.29) is 11.7 Å². The molecule has 0 bridgehead atoms. The number of aryl methyl sites for hydroxylation is 1. The molecule has 6 nitrogen and oxygen atoms in total. The van der Waals surface area contributed by atoms with E-state index in [0.717, 1.165) is 28.1 Å². The molecule has 28 heavy (non-hydrogen) atoms. The minimum atomic E-state index is -0.632. The second-order valence-electron chi connectivity index (χ2n) is 7.71. The van der Waals surface area contributed by atoms with Crippen molar-refractivity contribution in [2.45, 2.75) is 31.2 Å². The van der Waals surface area contributed by atoms with Crippen molar-refractivity contribution in [2.75, 3.05) is 18.0 Å². The van der Waals surface area contributed by atoms with Crippen molar-refractivity contribution < 1.29 is 9.59 Å². The molecule has 2 N–H and O–H groups in total. The maximum Gasteiger partial charge on any atom is 0.228 e. The number of ketones is 1. The topological polar surface area (TPSA) is 81.2 Å². The highest BCUT2D eigenvalue weighted by Gasteiger charge is 2.42. The third kappa shape index (κ3) is 2.37. The van der Waals surface area contributed by atoms with E-state index in [1.54, 1.807) is 0 Å². The zero-order valence-corrected chi connectivity index (χ0v) is 15.6. The average Bonchev–Trinajstić information content (AvgIpc) is 3.11. The van der Waals surface area contributed by atoms with Crippen LogP contribution in [0.5, 0.6) is 0 Å². The van der Waals surface area contributed by atoms with E-state index in [9.17, 15) is 9.59 Å². The van der Waals surface area contributed by atoms with Crippen LogP contribution in [0.15, 0.2) is 48.5 Å². The maximum absolute atomic E-state index is 12.4. The van der Waals surface area contributed by atoms with Gasteiger partial charge in [0.15, 0.2) is 5.78 Å². The van der Waals surface area contributed by atoms with Crippen molar-refractivity contribution in [3.63, 3.8) is 0 Å². The van der Waals surface area contributed by atoms with Gasteiger partial charge in [0.05, 0.1) is 16.4 Å². The monoisotopic (exact) mass is 374 g/mol. The van der Waals surface area contributed by atoms with Crippen molar-refractivity contribution in [3.05, 3.63) is 59.7 Å². The summed E-state index contributed by atoms with van der Waals surface area (Å²) in [7, 11) is 0. The lowest BCUT2D eigenvalue weighted by Gasteiger charge is -2.40. The molecule has 1 amide bonds. The molecule has 0 spiro atoms. The number of amides is 1. The molecule has 3 aromatic rings. The summed E-state index contributed by atoms with van der Waals surface area (Å²) < 4.78 is 2.16. The van der Waals surface area contributed by atoms with Gasteiger partial charge in [0.25, 0.3) is 0 Å². The Bertz CT molecular complexity index is 1080. The number of carbonyl (C=O) groups is 2. The number of hydrogen-bond acceptors (Lipinski definition) is 4. The fraction of sp³-hybridized carbons (Fsp3) is 0.318. The summed E-state index contributed by atoms with van der Waals surface area (Å²) in [6.07, 6.45) is 1.81. The molecule has 142 valence electrons. The van der Waals surface area contributed by atoms with Crippen molar-refractivity contribution >= 4 is 28.7 Å². The normalized spacial score (nSPS) is 18.4. The van der Waals surface area contributed by atoms with Crippen LogP contribution in [0.4, 0.5) is 5.95 Å². The summed E-state index contributed by atoms with van der Waals surface area (Å²) in [4.78, 5) is 31.7. The van der Waals surface area contributed by atoms with E-state index in [1.807, 2.05) is 48.5 Å². The van der Waals surface area contributed by atoms with Crippen LogP contribution in [-0.4, -0.2) is 34.3 Å². The standard InChI is InChI=1S/C22H22N4O2/c23-20(28)22(15-5-2-1-3-6-15)10-13-25(14-11-22)21-24-17-8-4-7-16-18(27)9-12-26(21)19(16)17/h1-8H,9-14H2,(H2,23,28). The number of carbonyl (C=O) groups excluding carboxylic acids is 2. The molecule has 0 unspecified atom stereocenters. The van der Waals surface area contributed by atoms with Crippen LogP contribution < -0.4 is 10.6 Å². The highest BCUT2D eigenvalue weighted by atomic mass is 16.1. The molecule has 1 fully saturated rings. The molecule has 0 atom stereocenters. The number of para-hydroxylation sites is 1. The van der Waals surface area contributed by atoms with Crippen LogP contribution in [0.3, 0.4) is 0 Å². The average molecular weight is 374 g/mol. The Morgan fingerprint density at radius 1 is 1.00 bits per heavy atom. The van der Waals surface area contributed by atoms with Gasteiger partial charge >= 0.3 is 0 Å². The minimum absolute atomic E-state index is 0.181. The number of Topliss-reactive ketones (excluding diaryl/α,β-unsaturated/α-hetero) is 1. The molecule has 3 heterocycles. The smallest absolute Gasteiger partial charge is 0.228 e. The number of imidazole rings is 1. The lowest BCUT2D eigenvalue weighted by atomic mass is 9.72. The van der Waals surface area contributed by atoms with Crippen LogP contribution in [0.1, 0.15) is 35.2 Å². The molecule has 6 heteroatoms. The van der Waals surface area contributed by atoms with E-state index < -0.39 is 5.41 Å². The van der Waals surface area contributed by atoms with Gasteiger partial charge in [-0.2, -0.15) is 0 Å². The Balaban J connectivity index is 1.50. The first-order valence-electron chi connectivity index (χ1n) is 9.73. The number of hydrogen-bond donors (Lipinski definition) is 1. The van der Waals surface area contributed by atoms with E-state index in [1.165, 1.54) is 0 Å². The van der Waals surface area contributed by atoms with Gasteiger partial charge in [0, 0.05) is 31.6 Å². The van der Waals surface area contributed by atoms with Crippen molar-refractivity contribution in [3.8, 4) is 0 Å². The van der Waals surface area contributed by atoms with Crippen LogP contribution in [0.2, 0.25) is 0 Å². The molecule has 0 aliphatic carbocycles. The zero-order chi connectivity index (χ0) is 19.3. The molecular weight excluding hydrogens is 352 g/mol. The molecule has 1 saturated heterocycles. The Morgan fingerprint density at radius 3 is 2.46 bits per heavy atom. The van der Waals surface area contributed by atoms with Gasteiger partial charge in [-0.05, 0) is 30.5 Å². The third-order valence-electron chi connectivity index (χ3n) is 6.31. The number of piperidine rings is 1. The summed E-state index contributed by atoms with van der Waals surface area (Å²) in [5.41, 5.74) is 8.77. The lowest BCUT2D eigenvalue weighted by Crippen LogP contribution is -2.50. The van der Waals surface area contributed by atoms with Crippen molar-refractivity contribution in [1.29, 1.82) is 0 Å². The molecule has 1 aromatic heterocycles. The minimum Gasteiger partial charge on any atom is -0.369 e. The van der Waals surface area contributed by atoms with Crippen molar-refractivity contribution in [1.82, 2.24) is 9.55 Å². The van der Waals surface area contributed by atoms with Crippen LogP contribution in [0.25, 0.3) is 11.0 Å². The molecule has 2 aliphatic rings. The van der Waals surface area contributed by atoms with Crippen molar-refractivity contribution in [2.24, 2.45) is 5.73 Å². The number of nitrogens with zero attached hydrogens (tertiary/aromatic N) is 3. The quantitative estimate of drug-likeness (QED) is 0.764. The van der Waals surface area contributed by atoms with Gasteiger partial charge in [0.2, 0.25) is 11.9 Å². The largest absolute Gasteiger partial charge is 0.369 e. The third-order valence-corrected chi connectivity index (χ3v) is 6.31. The Kier molecular flexibility index (Phi) is 3.75. The Labute approximate surface area is 163 Å². The zero-order valence-electron chi connectivity index (χ0n) is 15.6. The number of rotatable bonds is 3. The summed E-state index contributed by atoms with van der Waals surface area (Å²) in [5, 5.41) is 0. The number of benzene rings is 2. The van der Waals surface area contributed by atoms with Gasteiger partial charge in [-0.25, -0.2) is 4.98 Å². The molecule has 0 saturated carbocycles. The first-order chi connectivity index (χ1) is 13.6. The highest BCUT2D eigenvalue weighted by molar-refractivity contribution is 6.08. The highest BCUT2D eigenvalue weighted by Crippen LogP contribution is 2.38. The predicted octanol–water partition coefficient (Wildman–Crippen LogP) is 2.65. The number of aromatic nitrogens is 2. The van der Waals surface area contributed by atoms with Gasteiger partial charge in [-0.1, -0.05) is 36.4 Å². The number of anilines is 1. The summed E-state index contributed by atoms with van der Waals surface area (Å²) >= 11 is 0. The Morgan fingerprint density at radius 2 is 1.75 bits per heavy atom. The maximum atomic E-state index is 12.4. The van der Waals surface area contributed by atoms with E-state index in [0.29, 0.717) is 38.9 Å². The number of nitrogens with two attached hydrogens (primary N) is 1. The summed E-state index contributed by atoms with van der Waals surface area (Å²) in [5.74, 6) is 0.807. The fourth-order valence-electron chi connectivity index (χ4n) is 4.72. The van der Waals surface area contributed by atoms with Gasteiger partial charge in [-0.3, -0.25) is 9.59 Å². The second-order valence-corrected chi connectivity index (χ2v) is 7.71. The second kappa shape index (κ2) is 6.19. The van der Waals surface area contributed by atoms with Gasteiger partial charge in [-0.15, -0.1) is 0 Å². The van der Waals surface area contributed by atoms with E-state index in [4.69, 9.17) is 10.7 Å². The van der Waals surface area contributed by atoms with Crippen LogP contribution in [-0.2, 0) is 16.8 Å². The first-order valence-corrected chi connectivity index (χ1v) is 9.73. The molecule has 2 aliphatic heterocycles. The predicted molar refractivity (Wildman–Crippen MR) is 107 cm³/mol. The van der Waals surface area contributed by atoms with Crippen LogP contribution in [0, 0.1) is 0 Å². The van der Waals surface area contributed by atoms with Gasteiger partial charge < -0.3 is 15.2 Å². The number of primary amides is 1. The van der Waals surface area contributed by atoms with Crippen LogP contribution >= 0.6 is 0 Å². The molecular formula is C22H22N4O2. The molecule has 2 aromatic carbocycles. The van der Waals surface area contributed by atoms with E-state index >= 15 is 0 Å². The molecule has 5 rings (SSSR count). The lowest BCUT2D eigenvalue weighted by molar-refractivity contribution is -0.124. The summed E-state index contributed by atoms with van der Waals surface area (Å²) in [6, 6.07) is 15.6. The molecule has 0 radical (unpaired) electrons. The first kappa shape index (κ1) is 17.0. The summed E-state index contributed by atoms with van der Waals surface area (Å²) in [6.45, 7) is 2.05. The fourth-order valence-corrected chi connectivity index (χ4v) is 4.72. The Hall–Kier alpha value is -3.15. The van der Waals surface area contributed by atoms with E-state index in [2.05, 4.69) is 9.47 Å². The SMILES string of the molecule is NC(=O)C1(c2ccccc2)CCN(c2nc3cccc4c3n2CCC4=O)CC1. The van der Waals surface area contributed by atoms with Gasteiger partial charge in [0.1, 0.15) is 0 Å².